The SMILES string of the molecule is CCCCCN[C@@H]1CS(=O)(=O)C[C@H]1S(=O)(=O)c1ccc(C)cc1. The Kier molecular flexibility index (Phi) is 5.86. The van der Waals surface area contributed by atoms with Crippen LogP contribution in [0.4, 0.5) is 0 Å². The second kappa shape index (κ2) is 7.32. The molecule has 130 valence electrons. The maximum absolute atomic E-state index is 12.8. The molecule has 0 radical (unpaired) electrons. The molecule has 1 N–H and O–H groups in total. The summed E-state index contributed by atoms with van der Waals surface area (Å²) in [6.07, 6.45) is 3.03. The summed E-state index contributed by atoms with van der Waals surface area (Å²) in [5.74, 6) is -0.399. The lowest BCUT2D eigenvalue weighted by atomic mass is 10.2. The fourth-order valence-electron chi connectivity index (χ4n) is 2.88. The first-order valence-corrected chi connectivity index (χ1v) is 11.4. The van der Waals surface area contributed by atoms with Crippen LogP contribution < -0.4 is 5.32 Å². The molecule has 2 rings (SSSR count). The van der Waals surface area contributed by atoms with Crippen molar-refractivity contribution in [2.75, 3.05) is 18.1 Å². The van der Waals surface area contributed by atoms with Crippen molar-refractivity contribution < 1.29 is 16.8 Å². The van der Waals surface area contributed by atoms with Crippen molar-refractivity contribution in [1.29, 1.82) is 0 Å². The summed E-state index contributed by atoms with van der Waals surface area (Å²) < 4.78 is 49.6. The third kappa shape index (κ3) is 4.55. The van der Waals surface area contributed by atoms with Crippen molar-refractivity contribution in [2.45, 2.75) is 49.3 Å². The van der Waals surface area contributed by atoms with Gasteiger partial charge in [0, 0.05) is 6.04 Å². The lowest BCUT2D eigenvalue weighted by Gasteiger charge is -2.20. The summed E-state index contributed by atoms with van der Waals surface area (Å²) in [5.41, 5.74) is 0.970. The van der Waals surface area contributed by atoms with Gasteiger partial charge in [-0.3, -0.25) is 0 Å². The number of hydrogen-bond donors (Lipinski definition) is 1. The molecule has 1 fully saturated rings. The first-order chi connectivity index (χ1) is 10.8. The predicted octanol–water partition coefficient (Wildman–Crippen LogP) is 1.71. The van der Waals surface area contributed by atoms with E-state index in [9.17, 15) is 16.8 Å². The molecule has 1 heterocycles. The number of unbranched alkanes of at least 4 members (excludes halogenated alkanes) is 2. The van der Waals surface area contributed by atoms with Crippen LogP contribution >= 0.6 is 0 Å². The molecule has 0 saturated carbocycles. The summed E-state index contributed by atoms with van der Waals surface area (Å²) in [7, 11) is -6.99. The molecule has 1 aliphatic heterocycles. The number of sulfone groups is 2. The lowest BCUT2D eigenvalue weighted by Crippen LogP contribution is -2.43. The predicted molar refractivity (Wildman–Crippen MR) is 92.1 cm³/mol. The first kappa shape index (κ1) is 18.4. The van der Waals surface area contributed by atoms with Crippen molar-refractivity contribution in [1.82, 2.24) is 5.32 Å². The van der Waals surface area contributed by atoms with Crippen LogP contribution in [0.25, 0.3) is 0 Å². The number of hydrogen-bond acceptors (Lipinski definition) is 5. The van der Waals surface area contributed by atoms with Crippen molar-refractivity contribution in [3.8, 4) is 0 Å². The van der Waals surface area contributed by atoms with Crippen LogP contribution in [-0.4, -0.2) is 46.2 Å². The fraction of sp³-hybridized carbons (Fsp3) is 0.625. The quantitative estimate of drug-likeness (QED) is 0.750. The normalized spacial score (nSPS) is 23.9. The van der Waals surface area contributed by atoms with Crippen LogP contribution in [0.2, 0.25) is 0 Å². The third-order valence-electron chi connectivity index (χ3n) is 4.24. The minimum absolute atomic E-state index is 0.102. The Morgan fingerprint density at radius 2 is 1.78 bits per heavy atom. The number of nitrogens with one attached hydrogen (secondary N) is 1. The van der Waals surface area contributed by atoms with Crippen molar-refractivity contribution in [2.24, 2.45) is 0 Å². The van der Waals surface area contributed by atoms with E-state index in [0.717, 1.165) is 24.8 Å². The van der Waals surface area contributed by atoms with E-state index in [-0.39, 0.29) is 16.4 Å². The Morgan fingerprint density at radius 1 is 1.13 bits per heavy atom. The molecule has 2 atom stereocenters. The Morgan fingerprint density at radius 3 is 2.39 bits per heavy atom. The monoisotopic (exact) mass is 359 g/mol. The molecule has 1 aromatic carbocycles. The van der Waals surface area contributed by atoms with E-state index in [4.69, 9.17) is 0 Å². The molecule has 0 aromatic heterocycles. The topological polar surface area (TPSA) is 80.3 Å². The Hall–Kier alpha value is -0.920. The van der Waals surface area contributed by atoms with E-state index >= 15 is 0 Å². The molecule has 1 aromatic rings. The van der Waals surface area contributed by atoms with E-state index in [1.54, 1.807) is 24.3 Å². The Balaban J connectivity index is 2.21. The van der Waals surface area contributed by atoms with Crippen molar-refractivity contribution in [3.63, 3.8) is 0 Å². The molecule has 1 saturated heterocycles. The molecular formula is C16H25NO4S2. The summed E-state index contributed by atoms with van der Waals surface area (Å²) in [6, 6.07) is 6.07. The number of rotatable bonds is 7. The second-order valence-electron chi connectivity index (χ2n) is 6.24. The van der Waals surface area contributed by atoms with Gasteiger partial charge in [0.1, 0.15) is 0 Å². The van der Waals surface area contributed by atoms with E-state index in [1.807, 2.05) is 6.92 Å². The summed E-state index contributed by atoms with van der Waals surface area (Å²) in [4.78, 5) is 0.200. The van der Waals surface area contributed by atoms with Crippen molar-refractivity contribution in [3.05, 3.63) is 29.8 Å². The zero-order chi connectivity index (χ0) is 17.1. The largest absolute Gasteiger partial charge is 0.312 e. The smallest absolute Gasteiger partial charge is 0.183 e. The zero-order valence-corrected chi connectivity index (χ0v) is 15.3. The highest BCUT2D eigenvalue weighted by Crippen LogP contribution is 2.26. The van der Waals surface area contributed by atoms with Gasteiger partial charge >= 0.3 is 0 Å². The standard InChI is InChI=1S/C16H25NO4S2/c1-3-4-5-10-17-15-11-22(18,19)12-16(15)23(20,21)14-8-6-13(2)7-9-14/h6-9,15-17H,3-5,10-12H2,1-2H3/t15-,16-/m1/s1. The van der Waals surface area contributed by atoms with Crippen LogP contribution in [0.1, 0.15) is 31.7 Å². The zero-order valence-electron chi connectivity index (χ0n) is 13.7. The molecule has 1 aliphatic rings. The van der Waals surface area contributed by atoms with Crippen molar-refractivity contribution >= 4 is 19.7 Å². The average molecular weight is 360 g/mol. The lowest BCUT2D eigenvalue weighted by molar-refractivity contribution is 0.513. The van der Waals surface area contributed by atoms with Crippen LogP contribution in [0.5, 0.6) is 0 Å². The van der Waals surface area contributed by atoms with Gasteiger partial charge in [0.25, 0.3) is 0 Å². The van der Waals surface area contributed by atoms with Gasteiger partial charge in [-0.25, -0.2) is 16.8 Å². The van der Waals surface area contributed by atoms with E-state index in [1.165, 1.54) is 0 Å². The van der Waals surface area contributed by atoms with Gasteiger partial charge in [0.2, 0.25) is 0 Å². The molecule has 5 nitrogen and oxygen atoms in total. The molecular weight excluding hydrogens is 334 g/mol. The maximum Gasteiger partial charge on any atom is 0.183 e. The maximum atomic E-state index is 12.8. The van der Waals surface area contributed by atoms with Crippen LogP contribution in [0.3, 0.4) is 0 Å². The van der Waals surface area contributed by atoms with Gasteiger partial charge in [0.15, 0.2) is 19.7 Å². The molecule has 0 aliphatic carbocycles. The molecule has 0 spiro atoms. The van der Waals surface area contributed by atoms with E-state index < -0.39 is 31.0 Å². The van der Waals surface area contributed by atoms with E-state index in [2.05, 4.69) is 12.2 Å². The van der Waals surface area contributed by atoms with E-state index in [0.29, 0.717) is 6.54 Å². The second-order valence-corrected chi connectivity index (χ2v) is 10.6. The van der Waals surface area contributed by atoms with Gasteiger partial charge in [-0.15, -0.1) is 0 Å². The minimum Gasteiger partial charge on any atom is -0.312 e. The molecule has 0 unspecified atom stereocenters. The highest BCUT2D eigenvalue weighted by Gasteiger charge is 2.45. The third-order valence-corrected chi connectivity index (χ3v) is 8.40. The molecule has 23 heavy (non-hydrogen) atoms. The van der Waals surface area contributed by atoms with Gasteiger partial charge in [-0.05, 0) is 32.0 Å². The highest BCUT2D eigenvalue weighted by molar-refractivity contribution is 7.96. The van der Waals surface area contributed by atoms with Gasteiger partial charge in [0.05, 0.1) is 21.7 Å². The minimum atomic E-state index is -3.66. The molecule has 7 heteroatoms. The summed E-state index contributed by atoms with van der Waals surface area (Å²) in [6.45, 7) is 4.62. The summed E-state index contributed by atoms with van der Waals surface area (Å²) in [5, 5.41) is 2.25. The van der Waals surface area contributed by atoms with Crippen LogP contribution in [0, 0.1) is 6.92 Å². The number of aryl methyl sites for hydroxylation is 1. The van der Waals surface area contributed by atoms with Crippen LogP contribution in [0.15, 0.2) is 29.2 Å². The van der Waals surface area contributed by atoms with Crippen LogP contribution in [-0.2, 0) is 19.7 Å². The Labute approximate surface area is 139 Å². The Bertz CT molecular complexity index is 724. The van der Waals surface area contributed by atoms with Gasteiger partial charge in [-0.1, -0.05) is 37.5 Å². The van der Waals surface area contributed by atoms with Gasteiger partial charge in [-0.2, -0.15) is 0 Å². The fourth-order valence-corrected chi connectivity index (χ4v) is 7.59. The molecule has 0 amide bonds. The summed E-state index contributed by atoms with van der Waals surface area (Å²) >= 11 is 0. The average Bonchev–Trinajstić information content (AvgIpc) is 2.80. The number of benzene rings is 1. The molecule has 0 bridgehead atoms. The first-order valence-electron chi connectivity index (χ1n) is 8.00. The van der Waals surface area contributed by atoms with Gasteiger partial charge < -0.3 is 5.32 Å². The highest BCUT2D eigenvalue weighted by atomic mass is 32.2.